The number of anilines is 1. The van der Waals surface area contributed by atoms with E-state index < -0.39 is 5.60 Å². The Morgan fingerprint density at radius 2 is 1.52 bits per heavy atom. The quantitative estimate of drug-likeness (QED) is 0.867. The fourth-order valence-corrected chi connectivity index (χ4v) is 3.24. The van der Waals surface area contributed by atoms with Gasteiger partial charge in [0.25, 0.3) is 0 Å². The predicted molar refractivity (Wildman–Crippen MR) is 87.2 cm³/mol. The third-order valence-electron chi connectivity index (χ3n) is 4.43. The molecule has 1 aliphatic rings. The van der Waals surface area contributed by atoms with E-state index in [2.05, 4.69) is 41.7 Å². The normalized spacial score (nSPS) is 17.4. The van der Waals surface area contributed by atoms with Crippen LogP contribution in [0.2, 0.25) is 0 Å². The fraction of sp³-hybridized carbons (Fsp3) is 0.368. The molecule has 0 atom stereocenters. The molecule has 0 aliphatic heterocycles. The van der Waals surface area contributed by atoms with Gasteiger partial charge >= 0.3 is 0 Å². The zero-order chi connectivity index (χ0) is 14.5. The molecule has 0 aromatic heterocycles. The number of benzene rings is 2. The summed E-state index contributed by atoms with van der Waals surface area (Å²) in [5, 5.41) is 14.5. The lowest BCUT2D eigenvalue weighted by Crippen LogP contribution is -2.29. The van der Waals surface area contributed by atoms with Gasteiger partial charge in [0.15, 0.2) is 0 Å². The van der Waals surface area contributed by atoms with Crippen LogP contribution in [0.3, 0.4) is 0 Å². The minimum absolute atomic E-state index is 0.654. The number of para-hydroxylation sites is 1. The number of aliphatic hydroxyl groups is 1. The molecule has 0 saturated heterocycles. The molecule has 0 amide bonds. The van der Waals surface area contributed by atoms with Crippen molar-refractivity contribution in [2.75, 3.05) is 5.32 Å². The van der Waals surface area contributed by atoms with Crippen LogP contribution in [0.4, 0.5) is 5.69 Å². The van der Waals surface area contributed by atoms with Gasteiger partial charge in [-0.05, 0) is 24.5 Å². The number of rotatable bonds is 4. The van der Waals surface area contributed by atoms with Crippen LogP contribution < -0.4 is 5.32 Å². The molecule has 0 spiro atoms. The average molecular weight is 281 g/mol. The molecule has 0 unspecified atom stereocenters. The monoisotopic (exact) mass is 281 g/mol. The van der Waals surface area contributed by atoms with Crippen LogP contribution in [0.15, 0.2) is 54.6 Å². The second-order valence-corrected chi connectivity index (χ2v) is 5.98. The Morgan fingerprint density at radius 1 is 0.857 bits per heavy atom. The summed E-state index contributed by atoms with van der Waals surface area (Å²) in [5.41, 5.74) is 2.72. The lowest BCUT2D eigenvalue weighted by molar-refractivity contribution is 0.0000102. The highest BCUT2D eigenvalue weighted by Crippen LogP contribution is 2.40. The summed E-state index contributed by atoms with van der Waals surface area (Å²) in [7, 11) is 0. The first-order valence-corrected chi connectivity index (χ1v) is 7.88. The van der Waals surface area contributed by atoms with E-state index in [4.69, 9.17) is 0 Å². The van der Waals surface area contributed by atoms with Gasteiger partial charge in [-0.15, -0.1) is 0 Å². The van der Waals surface area contributed by atoms with E-state index in [-0.39, 0.29) is 0 Å². The molecule has 2 aromatic carbocycles. The van der Waals surface area contributed by atoms with Crippen molar-refractivity contribution in [3.63, 3.8) is 0 Å². The Labute approximate surface area is 126 Å². The fourth-order valence-electron chi connectivity index (χ4n) is 3.24. The van der Waals surface area contributed by atoms with Crippen LogP contribution in [0.25, 0.3) is 0 Å². The zero-order valence-electron chi connectivity index (χ0n) is 12.4. The summed E-state index contributed by atoms with van der Waals surface area (Å²) in [6.45, 7) is 0.786. The van der Waals surface area contributed by atoms with Gasteiger partial charge in [0.1, 0.15) is 0 Å². The van der Waals surface area contributed by atoms with Crippen molar-refractivity contribution in [2.24, 2.45) is 0 Å². The second-order valence-electron chi connectivity index (χ2n) is 5.98. The first kappa shape index (κ1) is 14.2. The molecule has 1 fully saturated rings. The van der Waals surface area contributed by atoms with Crippen molar-refractivity contribution in [2.45, 2.75) is 44.2 Å². The Hall–Kier alpha value is -1.80. The van der Waals surface area contributed by atoms with E-state index in [0.717, 1.165) is 43.5 Å². The maximum Gasteiger partial charge on any atom is 0.0916 e. The molecule has 21 heavy (non-hydrogen) atoms. The van der Waals surface area contributed by atoms with Crippen LogP contribution in [-0.2, 0) is 12.1 Å². The van der Waals surface area contributed by atoms with E-state index in [1.165, 1.54) is 12.0 Å². The summed E-state index contributed by atoms with van der Waals surface area (Å²) in [6, 6.07) is 18.6. The maximum atomic E-state index is 11.0. The van der Waals surface area contributed by atoms with Crippen molar-refractivity contribution < 1.29 is 5.11 Å². The van der Waals surface area contributed by atoms with Crippen LogP contribution in [-0.4, -0.2) is 5.11 Å². The molecule has 2 heteroatoms. The lowest BCUT2D eigenvalue weighted by Gasteiger charge is -2.34. The number of nitrogens with one attached hydrogen (secondary N) is 1. The first-order chi connectivity index (χ1) is 10.3. The largest absolute Gasteiger partial charge is 0.385 e. The highest BCUT2D eigenvalue weighted by atomic mass is 16.3. The Kier molecular flexibility index (Phi) is 4.26. The van der Waals surface area contributed by atoms with Crippen LogP contribution >= 0.6 is 0 Å². The van der Waals surface area contributed by atoms with Crippen molar-refractivity contribution in [1.82, 2.24) is 0 Å². The molecule has 3 rings (SSSR count). The van der Waals surface area contributed by atoms with E-state index in [0.29, 0.717) is 0 Å². The van der Waals surface area contributed by atoms with Gasteiger partial charge in [0, 0.05) is 17.8 Å². The van der Waals surface area contributed by atoms with Gasteiger partial charge < -0.3 is 10.4 Å². The number of hydrogen-bond acceptors (Lipinski definition) is 2. The van der Waals surface area contributed by atoms with Gasteiger partial charge in [0.05, 0.1) is 5.60 Å². The van der Waals surface area contributed by atoms with Gasteiger partial charge in [-0.25, -0.2) is 0 Å². The first-order valence-electron chi connectivity index (χ1n) is 7.88. The molecule has 1 saturated carbocycles. The minimum atomic E-state index is -0.654. The molecule has 0 bridgehead atoms. The molecular formula is C19H23NO. The Balaban J connectivity index is 1.79. The van der Waals surface area contributed by atoms with E-state index in [1.807, 2.05) is 18.2 Å². The molecule has 2 nitrogen and oxygen atoms in total. The molecule has 2 N–H and O–H groups in total. The zero-order valence-corrected chi connectivity index (χ0v) is 12.4. The van der Waals surface area contributed by atoms with Crippen molar-refractivity contribution in [3.8, 4) is 0 Å². The summed E-state index contributed by atoms with van der Waals surface area (Å²) < 4.78 is 0. The molecule has 0 radical (unpaired) electrons. The van der Waals surface area contributed by atoms with E-state index in [9.17, 15) is 5.11 Å². The highest BCUT2D eigenvalue weighted by Gasteiger charge is 2.32. The summed E-state index contributed by atoms with van der Waals surface area (Å²) in [5.74, 6) is 0. The number of hydrogen-bond donors (Lipinski definition) is 2. The molecule has 1 aliphatic carbocycles. The molecular weight excluding hydrogens is 258 g/mol. The minimum Gasteiger partial charge on any atom is -0.385 e. The molecule has 2 aromatic rings. The van der Waals surface area contributed by atoms with Crippen molar-refractivity contribution >= 4 is 5.69 Å². The van der Waals surface area contributed by atoms with E-state index in [1.54, 1.807) is 0 Å². The highest BCUT2D eigenvalue weighted by molar-refractivity contribution is 5.54. The van der Waals surface area contributed by atoms with Gasteiger partial charge in [0.2, 0.25) is 0 Å². The summed E-state index contributed by atoms with van der Waals surface area (Å²) in [6.07, 6.45) is 5.21. The smallest absolute Gasteiger partial charge is 0.0916 e. The van der Waals surface area contributed by atoms with Gasteiger partial charge in [-0.3, -0.25) is 0 Å². The van der Waals surface area contributed by atoms with Crippen LogP contribution in [0.5, 0.6) is 0 Å². The summed E-state index contributed by atoms with van der Waals surface area (Å²) in [4.78, 5) is 0. The van der Waals surface area contributed by atoms with Crippen molar-refractivity contribution in [1.29, 1.82) is 0 Å². The van der Waals surface area contributed by atoms with Gasteiger partial charge in [-0.1, -0.05) is 67.8 Å². The van der Waals surface area contributed by atoms with Gasteiger partial charge in [-0.2, -0.15) is 0 Å². The standard InChI is InChI=1S/C19H23NO/c21-19(13-7-2-8-14-19)17-11-5-6-12-18(17)20-15-16-9-3-1-4-10-16/h1,3-6,9-12,20-21H,2,7-8,13-15H2. The van der Waals surface area contributed by atoms with E-state index >= 15 is 0 Å². The SMILES string of the molecule is OC1(c2ccccc2NCc2ccccc2)CCCCC1. The van der Waals surface area contributed by atoms with Crippen LogP contribution in [0.1, 0.15) is 43.2 Å². The third-order valence-corrected chi connectivity index (χ3v) is 4.43. The second kappa shape index (κ2) is 6.31. The average Bonchev–Trinajstić information content (AvgIpc) is 2.55. The Bertz CT molecular complexity index is 573. The molecule has 0 heterocycles. The lowest BCUT2D eigenvalue weighted by atomic mass is 9.79. The Morgan fingerprint density at radius 3 is 2.29 bits per heavy atom. The van der Waals surface area contributed by atoms with Crippen molar-refractivity contribution in [3.05, 3.63) is 65.7 Å². The maximum absolute atomic E-state index is 11.0. The molecule has 110 valence electrons. The van der Waals surface area contributed by atoms with Crippen LogP contribution in [0, 0.1) is 0 Å². The topological polar surface area (TPSA) is 32.3 Å². The summed E-state index contributed by atoms with van der Waals surface area (Å²) >= 11 is 0. The predicted octanol–water partition coefficient (Wildman–Crippen LogP) is 4.45. The third kappa shape index (κ3) is 3.27.